The van der Waals surface area contributed by atoms with Crippen molar-refractivity contribution in [3.05, 3.63) is 65.7 Å². The molecule has 0 saturated heterocycles. The summed E-state index contributed by atoms with van der Waals surface area (Å²) in [5.74, 6) is -4.31. The molecule has 4 atom stereocenters. The number of Topliss-reactive ketones (excluding diaryl/α,β-unsaturated/α-hetero) is 1. The van der Waals surface area contributed by atoms with E-state index in [1.54, 1.807) is 37.3 Å². The van der Waals surface area contributed by atoms with E-state index in [0.29, 0.717) is 42.7 Å². The molecule has 0 aromatic heterocycles. The zero-order valence-electron chi connectivity index (χ0n) is 34.0. The van der Waals surface area contributed by atoms with E-state index in [9.17, 15) is 33.6 Å². The lowest BCUT2D eigenvalue weighted by atomic mass is 9.83. The SMILES string of the molecule is CCCCOC(=O)[C@@H](NC(=O)CNC(=O)C(=O)C(CCC)NC(=O)[C@@H]1Cc2cccc(c2)OCCCCCCC(=O)N[C@@H](C2CCCCC2)C(=O)N1)c1ccccc1. The Hall–Kier alpha value is -5.27. The van der Waals surface area contributed by atoms with Crippen LogP contribution in [0, 0.1) is 5.92 Å². The number of hydrogen-bond acceptors (Lipinski definition) is 9. The molecule has 1 unspecified atom stereocenters. The van der Waals surface area contributed by atoms with E-state index in [2.05, 4.69) is 26.6 Å². The third-order valence-electron chi connectivity index (χ3n) is 10.5. The van der Waals surface area contributed by atoms with E-state index in [4.69, 9.17) is 9.47 Å². The van der Waals surface area contributed by atoms with Gasteiger partial charge in [-0.1, -0.05) is 101 Å². The van der Waals surface area contributed by atoms with Gasteiger partial charge in [-0.3, -0.25) is 28.8 Å². The molecular weight excluding hydrogens is 743 g/mol. The average molecular weight is 804 g/mol. The Morgan fingerprint density at radius 3 is 2.33 bits per heavy atom. The first-order valence-electron chi connectivity index (χ1n) is 21.0. The summed E-state index contributed by atoms with van der Waals surface area (Å²) < 4.78 is 11.3. The third-order valence-corrected chi connectivity index (χ3v) is 10.5. The molecule has 5 N–H and O–H groups in total. The van der Waals surface area contributed by atoms with Crippen LogP contribution in [0.5, 0.6) is 5.75 Å². The molecule has 14 nitrogen and oxygen atoms in total. The first-order valence-corrected chi connectivity index (χ1v) is 21.0. The van der Waals surface area contributed by atoms with Gasteiger partial charge in [0.15, 0.2) is 6.04 Å². The minimum Gasteiger partial charge on any atom is -0.494 e. The maximum absolute atomic E-state index is 14.1. The van der Waals surface area contributed by atoms with Crippen LogP contribution in [-0.4, -0.2) is 79.2 Å². The number of esters is 1. The Balaban J connectivity index is 1.48. The Bertz CT molecular complexity index is 1680. The van der Waals surface area contributed by atoms with Crippen LogP contribution >= 0.6 is 0 Å². The maximum atomic E-state index is 14.1. The number of ether oxygens (including phenoxy) is 2. The molecule has 1 heterocycles. The molecule has 0 radical (unpaired) electrons. The second kappa shape index (κ2) is 24.5. The summed E-state index contributed by atoms with van der Waals surface area (Å²) in [5.41, 5.74) is 1.19. The topological polar surface area (TPSA) is 198 Å². The highest BCUT2D eigenvalue weighted by Gasteiger charge is 2.35. The number of rotatable bonds is 15. The summed E-state index contributed by atoms with van der Waals surface area (Å²) in [5, 5.41) is 13.5. The molecule has 4 rings (SSSR count). The summed E-state index contributed by atoms with van der Waals surface area (Å²) in [6.45, 7) is 3.81. The standard InChI is InChI=1S/C44H61N5O9/c1-3-5-25-58-44(56)39(32-21-12-9-13-22-32)49-37(51)29-45-43(55)40(52)34(17-4-2)46-41(53)35-28-30-18-16-23-33(27-30)57-26-15-7-6-14-24-36(50)48-38(42(54)47-35)31-19-10-8-11-20-31/h9,12-13,16,18,21-23,27,31,34-35,38-39H,3-8,10-11,14-15,17,19-20,24-26,28-29H2,1-2H3,(H,45,55)(H,46,53)(H,47,54)(H,48,50)(H,49,51)/t34?,35-,38-,39-/m0/s1. The van der Waals surface area contributed by atoms with Gasteiger partial charge in [-0.25, -0.2) is 4.79 Å². The van der Waals surface area contributed by atoms with Crippen molar-refractivity contribution in [1.82, 2.24) is 26.6 Å². The van der Waals surface area contributed by atoms with Gasteiger partial charge in [-0.2, -0.15) is 0 Å². The number of carbonyl (C=O) groups excluding carboxylic acids is 7. The fourth-order valence-corrected chi connectivity index (χ4v) is 7.28. The molecule has 0 spiro atoms. The van der Waals surface area contributed by atoms with Crippen molar-refractivity contribution in [3.8, 4) is 5.75 Å². The molecule has 2 aliphatic rings. The first kappa shape index (κ1) is 45.4. The fraction of sp³-hybridized carbons (Fsp3) is 0.568. The zero-order valence-corrected chi connectivity index (χ0v) is 34.0. The monoisotopic (exact) mass is 803 g/mol. The van der Waals surface area contributed by atoms with Crippen molar-refractivity contribution in [2.24, 2.45) is 5.92 Å². The van der Waals surface area contributed by atoms with Crippen LogP contribution in [0.1, 0.15) is 121 Å². The number of amides is 5. The smallest absolute Gasteiger partial charge is 0.333 e. The van der Waals surface area contributed by atoms with Gasteiger partial charge >= 0.3 is 5.97 Å². The molecule has 316 valence electrons. The minimum atomic E-state index is -1.27. The van der Waals surface area contributed by atoms with E-state index in [1.165, 1.54) is 0 Å². The lowest BCUT2D eigenvalue weighted by Crippen LogP contribution is -2.59. The second-order valence-electron chi connectivity index (χ2n) is 15.2. The Morgan fingerprint density at radius 1 is 0.845 bits per heavy atom. The van der Waals surface area contributed by atoms with Gasteiger partial charge in [-0.05, 0) is 67.7 Å². The number of ketones is 1. The van der Waals surface area contributed by atoms with Gasteiger partial charge in [0, 0.05) is 12.8 Å². The second-order valence-corrected chi connectivity index (χ2v) is 15.2. The third kappa shape index (κ3) is 14.9. The highest BCUT2D eigenvalue weighted by atomic mass is 16.5. The molecule has 2 aromatic rings. The summed E-state index contributed by atoms with van der Waals surface area (Å²) in [6, 6.07) is 11.4. The van der Waals surface area contributed by atoms with Crippen molar-refractivity contribution in [3.63, 3.8) is 0 Å². The van der Waals surface area contributed by atoms with Crippen molar-refractivity contribution < 1.29 is 43.0 Å². The van der Waals surface area contributed by atoms with E-state index < -0.39 is 66.1 Å². The summed E-state index contributed by atoms with van der Waals surface area (Å²) in [7, 11) is 0. The summed E-state index contributed by atoms with van der Waals surface area (Å²) in [4.78, 5) is 93.9. The number of hydrogen-bond donors (Lipinski definition) is 5. The molecule has 1 aliphatic carbocycles. The number of nitrogens with one attached hydrogen (secondary N) is 5. The van der Waals surface area contributed by atoms with Crippen LogP contribution in [0.4, 0.5) is 0 Å². The quantitative estimate of drug-likeness (QED) is 0.0991. The Morgan fingerprint density at radius 2 is 1.59 bits per heavy atom. The first-order chi connectivity index (χ1) is 28.1. The molecular formula is C44H61N5O9. The van der Waals surface area contributed by atoms with E-state index >= 15 is 0 Å². The van der Waals surface area contributed by atoms with E-state index in [-0.39, 0.29) is 37.7 Å². The predicted octanol–water partition coefficient (Wildman–Crippen LogP) is 4.29. The van der Waals surface area contributed by atoms with Crippen molar-refractivity contribution in [2.45, 2.75) is 134 Å². The zero-order chi connectivity index (χ0) is 41.7. The van der Waals surface area contributed by atoms with Gasteiger partial charge in [0.05, 0.1) is 25.8 Å². The largest absolute Gasteiger partial charge is 0.494 e. The number of fused-ring (bicyclic) bond motifs is 2. The summed E-state index contributed by atoms with van der Waals surface area (Å²) >= 11 is 0. The average Bonchev–Trinajstić information content (AvgIpc) is 3.23. The van der Waals surface area contributed by atoms with Gasteiger partial charge < -0.3 is 36.1 Å². The highest BCUT2D eigenvalue weighted by molar-refractivity contribution is 6.38. The Labute approximate surface area is 341 Å². The Kier molecular flexibility index (Phi) is 19.2. The van der Waals surface area contributed by atoms with Gasteiger partial charge in [0.2, 0.25) is 29.4 Å². The highest BCUT2D eigenvalue weighted by Crippen LogP contribution is 2.27. The molecule has 5 amide bonds. The normalized spacial score (nSPS) is 19.4. The molecule has 2 bridgehead atoms. The van der Waals surface area contributed by atoms with Gasteiger partial charge in [0.25, 0.3) is 5.91 Å². The number of benzene rings is 2. The van der Waals surface area contributed by atoms with E-state index in [1.807, 2.05) is 31.2 Å². The van der Waals surface area contributed by atoms with Crippen LogP contribution in [-0.2, 0) is 44.7 Å². The van der Waals surface area contributed by atoms with Gasteiger partial charge in [-0.15, -0.1) is 0 Å². The molecule has 58 heavy (non-hydrogen) atoms. The maximum Gasteiger partial charge on any atom is 0.333 e. The fourth-order valence-electron chi connectivity index (χ4n) is 7.28. The van der Waals surface area contributed by atoms with Crippen molar-refractivity contribution in [2.75, 3.05) is 19.8 Å². The lowest BCUT2D eigenvalue weighted by molar-refractivity contribution is -0.148. The molecule has 14 heteroatoms. The molecule has 1 fully saturated rings. The predicted molar refractivity (Wildman–Crippen MR) is 217 cm³/mol. The van der Waals surface area contributed by atoms with Crippen LogP contribution in [0.15, 0.2) is 54.6 Å². The van der Waals surface area contributed by atoms with Crippen molar-refractivity contribution in [1.29, 1.82) is 0 Å². The summed E-state index contributed by atoms with van der Waals surface area (Å²) in [6.07, 6.45) is 10.0. The van der Waals surface area contributed by atoms with Gasteiger partial charge in [0.1, 0.15) is 17.8 Å². The van der Waals surface area contributed by atoms with Crippen LogP contribution in [0.25, 0.3) is 0 Å². The molecule has 1 aliphatic heterocycles. The van der Waals surface area contributed by atoms with Crippen molar-refractivity contribution >= 4 is 41.3 Å². The number of unbranched alkanes of at least 4 members (excludes halogenated alkanes) is 1. The number of carbonyl (C=O) groups is 7. The lowest BCUT2D eigenvalue weighted by Gasteiger charge is -2.31. The minimum absolute atomic E-state index is 0.0446. The van der Waals surface area contributed by atoms with Crippen LogP contribution < -0.4 is 31.3 Å². The molecule has 1 saturated carbocycles. The van der Waals surface area contributed by atoms with Crippen LogP contribution in [0.2, 0.25) is 0 Å². The van der Waals surface area contributed by atoms with E-state index in [0.717, 1.165) is 57.8 Å². The van der Waals surface area contributed by atoms with Crippen LogP contribution in [0.3, 0.4) is 0 Å². The molecule has 2 aromatic carbocycles.